The second kappa shape index (κ2) is 13.4. The first-order valence-corrected chi connectivity index (χ1v) is 12.7. The molecule has 0 bridgehead atoms. The summed E-state index contributed by atoms with van der Waals surface area (Å²) in [4.78, 5) is 0. The molecule has 2 saturated carbocycles. The molecule has 0 spiro atoms. The van der Waals surface area contributed by atoms with Crippen molar-refractivity contribution in [3.63, 3.8) is 0 Å². The van der Waals surface area contributed by atoms with Crippen molar-refractivity contribution in [2.75, 3.05) is 6.67 Å². The van der Waals surface area contributed by atoms with Crippen LogP contribution in [-0.2, 0) is 0 Å². The Labute approximate surface area is 202 Å². The topological polar surface area (TPSA) is 23.8 Å². The lowest BCUT2D eigenvalue weighted by Crippen LogP contribution is -2.13. The normalized spacial score (nSPS) is 24.8. The second-order valence-corrected chi connectivity index (χ2v) is 9.66. The van der Waals surface area contributed by atoms with Crippen molar-refractivity contribution in [3.8, 4) is 17.2 Å². The lowest BCUT2D eigenvalue weighted by molar-refractivity contribution is 0.235. The number of allylic oxidation sites excluding steroid dienone is 2. The molecule has 0 N–H and O–H groups in total. The summed E-state index contributed by atoms with van der Waals surface area (Å²) in [6.07, 6.45) is 12.7. The van der Waals surface area contributed by atoms with Crippen LogP contribution in [0.2, 0.25) is 0 Å². The van der Waals surface area contributed by atoms with Crippen molar-refractivity contribution in [2.24, 2.45) is 11.8 Å². The summed E-state index contributed by atoms with van der Waals surface area (Å²) in [5, 5.41) is 8.76. The van der Waals surface area contributed by atoms with Crippen molar-refractivity contribution < 1.29 is 13.2 Å². The third-order valence-corrected chi connectivity index (χ3v) is 7.34. The molecule has 2 aromatic carbocycles. The highest BCUT2D eigenvalue weighted by Crippen LogP contribution is 2.35. The van der Waals surface area contributed by atoms with Gasteiger partial charge in [0, 0.05) is 0 Å². The summed E-state index contributed by atoms with van der Waals surface area (Å²) in [5.41, 5.74) is 2.97. The van der Waals surface area contributed by atoms with E-state index in [9.17, 15) is 13.2 Å². The van der Waals surface area contributed by atoms with Crippen LogP contribution in [0.15, 0.2) is 54.6 Å². The van der Waals surface area contributed by atoms with Gasteiger partial charge in [0.05, 0.1) is 12.2 Å². The van der Waals surface area contributed by atoms with Gasteiger partial charge in [-0.15, -0.1) is 0 Å². The van der Waals surface area contributed by atoms with Crippen LogP contribution in [0.3, 0.4) is 0 Å². The fraction of sp³-hybridized carbons (Fsp3) is 0.500. The molecule has 34 heavy (non-hydrogen) atoms. The van der Waals surface area contributed by atoms with Gasteiger partial charge in [0.15, 0.2) is 0 Å². The number of nitriles is 1. The Kier molecular flexibility index (Phi) is 10.3. The van der Waals surface area contributed by atoms with Gasteiger partial charge in [0.2, 0.25) is 0 Å². The Morgan fingerprint density at radius 2 is 1.56 bits per heavy atom. The monoisotopic (exact) mass is 467 g/mol. The highest BCUT2D eigenvalue weighted by molar-refractivity contribution is 5.64. The number of nitrogens with zero attached hydrogens (tertiary/aromatic N) is 1. The summed E-state index contributed by atoms with van der Waals surface area (Å²) in [6.45, 7) is 1.95. The second-order valence-electron chi connectivity index (χ2n) is 9.66. The fourth-order valence-corrected chi connectivity index (χ4v) is 5.21. The fourth-order valence-electron chi connectivity index (χ4n) is 5.21. The number of hydrogen-bond donors (Lipinski definition) is 0. The van der Waals surface area contributed by atoms with Gasteiger partial charge in [-0.3, -0.25) is 4.39 Å². The van der Waals surface area contributed by atoms with E-state index in [0.717, 1.165) is 36.3 Å². The van der Waals surface area contributed by atoms with Crippen molar-refractivity contribution in [1.82, 2.24) is 0 Å². The summed E-state index contributed by atoms with van der Waals surface area (Å²) >= 11 is 0. The van der Waals surface area contributed by atoms with Crippen LogP contribution < -0.4 is 0 Å². The predicted molar refractivity (Wildman–Crippen MR) is 134 cm³/mol. The number of benzene rings is 2. The molecule has 0 unspecified atom stereocenters. The smallest absolute Gasteiger partial charge is 0.141 e. The van der Waals surface area contributed by atoms with Crippen LogP contribution in [0.25, 0.3) is 11.1 Å². The molecule has 2 aliphatic carbocycles. The van der Waals surface area contributed by atoms with E-state index in [0.29, 0.717) is 24.7 Å². The quantitative estimate of drug-likeness (QED) is 0.402. The van der Waals surface area contributed by atoms with E-state index in [4.69, 9.17) is 5.26 Å². The van der Waals surface area contributed by atoms with Crippen molar-refractivity contribution in [2.45, 2.75) is 76.8 Å². The van der Waals surface area contributed by atoms with Crippen LogP contribution >= 0.6 is 0 Å². The van der Waals surface area contributed by atoms with E-state index in [1.807, 2.05) is 18.2 Å². The average molecular weight is 468 g/mol. The minimum Gasteiger partial charge on any atom is -0.251 e. The van der Waals surface area contributed by atoms with Crippen LogP contribution in [0, 0.1) is 29.0 Å². The van der Waals surface area contributed by atoms with Gasteiger partial charge >= 0.3 is 0 Å². The number of rotatable bonds is 5. The maximum Gasteiger partial charge on any atom is 0.141 e. The Hall–Kier alpha value is -2.54. The summed E-state index contributed by atoms with van der Waals surface area (Å²) in [5.74, 6) is 1.39. The van der Waals surface area contributed by atoms with Gasteiger partial charge in [-0.05, 0) is 111 Å². The van der Waals surface area contributed by atoms with E-state index < -0.39 is 12.0 Å². The number of halogens is 3. The molecule has 0 aliphatic heterocycles. The maximum absolute atomic E-state index is 13.7. The van der Waals surface area contributed by atoms with E-state index in [2.05, 4.69) is 31.2 Å². The molecule has 4 rings (SSSR count). The third-order valence-electron chi connectivity index (χ3n) is 7.34. The van der Waals surface area contributed by atoms with Gasteiger partial charge in [-0.1, -0.05) is 42.5 Å². The molecule has 2 fully saturated rings. The Morgan fingerprint density at radius 3 is 2.12 bits per heavy atom. The molecule has 0 amide bonds. The molecule has 0 atom stereocenters. The first-order valence-electron chi connectivity index (χ1n) is 12.7. The number of alkyl halides is 2. The summed E-state index contributed by atoms with van der Waals surface area (Å²) < 4.78 is 38.9. The molecule has 0 heterocycles. The zero-order valence-electron chi connectivity index (χ0n) is 20.2. The van der Waals surface area contributed by atoms with Crippen LogP contribution in [0.4, 0.5) is 13.2 Å². The number of hydrogen-bond acceptors (Lipinski definition) is 1. The standard InChI is InChI=1S/C19H17F2N.C11H19F/c20-18-9-7-14(8-10-18)13-1-3-15(4-2-13)16-5-6-17(12-22)19(21)11-16;1-2-3-10-4-6-11(7-5-10)8-9-12/h1-6,11,14,18H,7-10H2;2-3,10-11H,4-9H2,1H3/b;3-2+. The zero-order chi connectivity index (χ0) is 24.3. The van der Waals surface area contributed by atoms with E-state index in [1.54, 1.807) is 6.07 Å². The van der Waals surface area contributed by atoms with Crippen LogP contribution in [0.1, 0.15) is 81.8 Å². The van der Waals surface area contributed by atoms with E-state index in [1.165, 1.54) is 43.4 Å². The van der Waals surface area contributed by atoms with Gasteiger partial charge < -0.3 is 0 Å². The molecule has 0 aromatic heterocycles. The minimum atomic E-state index is -0.642. The van der Waals surface area contributed by atoms with E-state index in [-0.39, 0.29) is 12.2 Å². The van der Waals surface area contributed by atoms with E-state index >= 15 is 0 Å². The SMILES string of the molecule is C/C=C/C1CCC(CCF)CC1.N#Cc1ccc(-c2ccc(C3CCC(F)CC3)cc2)cc1F. The third kappa shape index (κ3) is 7.49. The van der Waals surface area contributed by atoms with Crippen molar-refractivity contribution in [1.29, 1.82) is 5.26 Å². The van der Waals surface area contributed by atoms with Gasteiger partial charge in [-0.25, -0.2) is 8.78 Å². The highest BCUT2D eigenvalue weighted by Gasteiger charge is 2.22. The van der Waals surface area contributed by atoms with Gasteiger partial charge in [0.1, 0.15) is 18.1 Å². The Bertz CT molecular complexity index is 944. The highest BCUT2D eigenvalue weighted by atomic mass is 19.1. The molecule has 4 heteroatoms. The average Bonchev–Trinajstić information content (AvgIpc) is 2.86. The first-order chi connectivity index (χ1) is 16.5. The predicted octanol–water partition coefficient (Wildman–Crippen LogP) is 9.09. The van der Waals surface area contributed by atoms with Gasteiger partial charge in [0.25, 0.3) is 0 Å². The maximum atomic E-state index is 13.7. The lowest BCUT2D eigenvalue weighted by Gasteiger charge is -2.25. The van der Waals surface area contributed by atoms with Crippen LogP contribution in [0.5, 0.6) is 0 Å². The minimum absolute atomic E-state index is 0.0587. The van der Waals surface area contributed by atoms with Gasteiger partial charge in [-0.2, -0.15) is 5.26 Å². The zero-order valence-corrected chi connectivity index (χ0v) is 20.2. The van der Waals surface area contributed by atoms with Crippen LogP contribution in [-0.4, -0.2) is 12.8 Å². The molecule has 2 aliphatic rings. The molecule has 0 saturated heterocycles. The van der Waals surface area contributed by atoms with Crippen molar-refractivity contribution >= 4 is 0 Å². The lowest BCUT2D eigenvalue weighted by atomic mass is 9.81. The molecular weight excluding hydrogens is 431 g/mol. The Morgan fingerprint density at radius 1 is 0.912 bits per heavy atom. The molecule has 182 valence electrons. The summed E-state index contributed by atoms with van der Waals surface area (Å²) in [7, 11) is 0. The molecule has 2 aromatic rings. The molecular formula is C30H36F3N. The largest absolute Gasteiger partial charge is 0.251 e. The molecule has 1 nitrogen and oxygen atoms in total. The summed E-state index contributed by atoms with van der Waals surface area (Å²) in [6, 6.07) is 14.5. The Balaban J connectivity index is 0.000000229. The molecule has 0 radical (unpaired) electrons. The first kappa shape index (κ1) is 26.1. The van der Waals surface area contributed by atoms with Crippen molar-refractivity contribution in [3.05, 3.63) is 71.6 Å².